The third kappa shape index (κ3) is 5.78. The van der Waals surface area contributed by atoms with Gasteiger partial charge in [0.2, 0.25) is 10.0 Å². The van der Waals surface area contributed by atoms with Crippen LogP contribution in [0, 0.1) is 11.7 Å². The van der Waals surface area contributed by atoms with Crippen LogP contribution in [-0.4, -0.2) is 65.5 Å². The number of carbonyl (C=O) groups is 1. The summed E-state index contributed by atoms with van der Waals surface area (Å²) in [7, 11) is -3.88. The number of rotatable bonds is 9. The Hall–Kier alpha value is -3.02. The minimum atomic E-state index is -3.88. The average Bonchev–Trinajstić information content (AvgIpc) is 3.40. The summed E-state index contributed by atoms with van der Waals surface area (Å²) >= 11 is 0. The van der Waals surface area contributed by atoms with Gasteiger partial charge in [0, 0.05) is 31.0 Å². The van der Waals surface area contributed by atoms with Crippen molar-refractivity contribution in [2.45, 2.75) is 57.3 Å². The van der Waals surface area contributed by atoms with Crippen LogP contribution in [0.5, 0.6) is 5.75 Å². The highest BCUT2D eigenvalue weighted by Gasteiger charge is 2.41. The molecule has 200 valence electrons. The molecule has 3 aromatic rings. The summed E-state index contributed by atoms with van der Waals surface area (Å²) in [4.78, 5) is 12.4. The van der Waals surface area contributed by atoms with Gasteiger partial charge in [0.15, 0.2) is 0 Å². The number of aromatic nitrogens is 2. The van der Waals surface area contributed by atoms with Gasteiger partial charge in [-0.2, -0.15) is 9.40 Å². The largest absolute Gasteiger partial charge is 0.491 e. The minimum Gasteiger partial charge on any atom is -0.491 e. The van der Waals surface area contributed by atoms with Crippen LogP contribution in [0.4, 0.5) is 4.39 Å². The molecule has 1 saturated heterocycles. The molecular weight excluding hydrogens is 501 g/mol. The van der Waals surface area contributed by atoms with Crippen molar-refractivity contribution in [2.24, 2.45) is 5.92 Å². The predicted molar refractivity (Wildman–Crippen MR) is 135 cm³/mol. The Labute approximate surface area is 215 Å². The lowest BCUT2D eigenvalue weighted by Gasteiger charge is -2.18. The number of carbonyl (C=O) groups excluding carboxylic acids is 1. The van der Waals surface area contributed by atoms with Gasteiger partial charge in [-0.3, -0.25) is 9.48 Å². The van der Waals surface area contributed by atoms with Crippen molar-refractivity contribution in [3.8, 4) is 5.75 Å². The maximum absolute atomic E-state index is 14.2. The third-order valence-electron chi connectivity index (χ3n) is 6.18. The molecule has 0 unspecified atom stereocenters. The molecule has 0 amide bonds. The number of benzene rings is 2. The van der Waals surface area contributed by atoms with Crippen molar-refractivity contribution >= 4 is 26.9 Å². The Morgan fingerprint density at radius 1 is 1.11 bits per heavy atom. The van der Waals surface area contributed by atoms with E-state index in [0.29, 0.717) is 22.3 Å². The highest BCUT2D eigenvalue weighted by Crippen LogP contribution is 2.35. The van der Waals surface area contributed by atoms with Crippen LogP contribution >= 0.6 is 0 Å². The summed E-state index contributed by atoms with van der Waals surface area (Å²) in [6.45, 7) is 7.05. The monoisotopic (exact) mass is 533 g/mol. The van der Waals surface area contributed by atoms with E-state index in [-0.39, 0.29) is 43.2 Å². The van der Waals surface area contributed by atoms with E-state index < -0.39 is 33.8 Å². The van der Waals surface area contributed by atoms with E-state index >= 15 is 0 Å². The Kier molecular flexibility index (Phi) is 7.86. The van der Waals surface area contributed by atoms with Gasteiger partial charge in [-0.05, 0) is 70.2 Å². The number of halogens is 1. The third-order valence-corrected chi connectivity index (χ3v) is 8.03. The number of nitrogens with zero attached hydrogens (tertiary/aromatic N) is 3. The molecule has 0 radical (unpaired) electrons. The summed E-state index contributed by atoms with van der Waals surface area (Å²) in [5, 5.41) is 15.3. The molecule has 0 aliphatic carbocycles. The second-order valence-corrected chi connectivity index (χ2v) is 11.7. The van der Waals surface area contributed by atoms with Crippen LogP contribution < -0.4 is 4.74 Å². The highest BCUT2D eigenvalue weighted by molar-refractivity contribution is 7.89. The molecule has 1 aromatic heterocycles. The zero-order valence-electron chi connectivity index (χ0n) is 21.3. The first kappa shape index (κ1) is 27.0. The number of ether oxygens (including phenoxy) is 2. The van der Waals surface area contributed by atoms with Crippen LogP contribution in [0.3, 0.4) is 0 Å². The molecule has 4 rings (SSSR count). The van der Waals surface area contributed by atoms with Gasteiger partial charge in [0.05, 0.1) is 40.8 Å². The molecule has 0 spiro atoms. The van der Waals surface area contributed by atoms with E-state index in [4.69, 9.17) is 9.47 Å². The van der Waals surface area contributed by atoms with E-state index in [2.05, 4.69) is 5.10 Å². The summed E-state index contributed by atoms with van der Waals surface area (Å²) in [5.74, 6) is -0.878. The van der Waals surface area contributed by atoms with E-state index in [1.165, 1.54) is 33.3 Å². The standard InChI is InChI=1S/C26H32FN3O6S/c1-16(2)35-20-6-8-21(9-7-20)37(33,34)29-13-18(15-31)25(14-29)30-24-11-19(27)5-10-22(24)23(28-30)12-26(32)36-17(3)4/h5-11,16-18,25,31H,12-15H2,1-4H3/t18-,25-/m0/s1. The first-order valence-electron chi connectivity index (χ1n) is 12.2. The fraction of sp³-hybridized carbons (Fsp3) is 0.462. The first-order chi connectivity index (χ1) is 17.5. The second-order valence-electron chi connectivity index (χ2n) is 9.74. The number of sulfonamides is 1. The maximum Gasteiger partial charge on any atom is 0.312 e. The molecule has 2 aromatic carbocycles. The van der Waals surface area contributed by atoms with E-state index in [0.717, 1.165) is 0 Å². The topological polar surface area (TPSA) is 111 Å². The van der Waals surface area contributed by atoms with E-state index in [1.807, 2.05) is 13.8 Å². The molecule has 2 atom stereocenters. The number of aliphatic hydroxyl groups is 1. The highest BCUT2D eigenvalue weighted by atomic mass is 32.2. The molecule has 37 heavy (non-hydrogen) atoms. The predicted octanol–water partition coefficient (Wildman–Crippen LogP) is 3.31. The molecular formula is C26H32FN3O6S. The van der Waals surface area contributed by atoms with Gasteiger partial charge in [0.1, 0.15) is 11.6 Å². The zero-order valence-corrected chi connectivity index (χ0v) is 22.1. The summed E-state index contributed by atoms with van der Waals surface area (Å²) in [5.41, 5.74) is 0.824. The quantitative estimate of drug-likeness (QED) is 0.420. The Bertz CT molecular complexity index is 1370. The lowest BCUT2D eigenvalue weighted by Crippen LogP contribution is -2.29. The lowest BCUT2D eigenvalue weighted by molar-refractivity contribution is -0.146. The van der Waals surface area contributed by atoms with Crippen molar-refractivity contribution in [3.05, 3.63) is 54.0 Å². The maximum atomic E-state index is 14.2. The number of hydrogen-bond donors (Lipinski definition) is 1. The fourth-order valence-corrected chi connectivity index (χ4v) is 6.10. The molecule has 11 heteroatoms. The molecule has 9 nitrogen and oxygen atoms in total. The average molecular weight is 534 g/mol. The van der Waals surface area contributed by atoms with Crippen molar-refractivity contribution < 1.29 is 32.2 Å². The first-order valence-corrected chi connectivity index (χ1v) is 13.7. The van der Waals surface area contributed by atoms with E-state index in [1.54, 1.807) is 32.0 Å². The number of hydrogen-bond acceptors (Lipinski definition) is 7. The normalized spacial score (nSPS) is 18.7. The fourth-order valence-electron chi connectivity index (χ4n) is 4.58. The molecule has 0 saturated carbocycles. The summed E-state index contributed by atoms with van der Waals surface area (Å²) in [6.07, 6.45) is -0.453. The number of fused-ring (bicyclic) bond motifs is 1. The van der Waals surface area contributed by atoms with Crippen LogP contribution in [0.15, 0.2) is 47.4 Å². The SMILES string of the molecule is CC(C)OC(=O)Cc1nn([C@H]2CN(S(=O)(=O)c3ccc(OC(C)C)cc3)C[C@H]2CO)c2cc(F)ccc12. The van der Waals surface area contributed by atoms with Crippen molar-refractivity contribution in [2.75, 3.05) is 19.7 Å². The Morgan fingerprint density at radius 2 is 1.81 bits per heavy atom. The zero-order chi connectivity index (χ0) is 26.9. The molecule has 1 aliphatic rings. The Morgan fingerprint density at radius 3 is 2.43 bits per heavy atom. The van der Waals surface area contributed by atoms with Crippen LogP contribution in [0.25, 0.3) is 10.9 Å². The van der Waals surface area contributed by atoms with Gasteiger partial charge >= 0.3 is 5.97 Å². The molecule has 0 bridgehead atoms. The summed E-state index contributed by atoms with van der Waals surface area (Å²) in [6, 6.07) is 9.77. The van der Waals surface area contributed by atoms with Crippen molar-refractivity contribution in [1.82, 2.24) is 14.1 Å². The minimum absolute atomic E-state index is 0.0287. The van der Waals surface area contributed by atoms with Gasteiger partial charge in [-0.15, -0.1) is 0 Å². The van der Waals surface area contributed by atoms with Gasteiger partial charge in [-0.1, -0.05) is 0 Å². The summed E-state index contributed by atoms with van der Waals surface area (Å²) < 4.78 is 54.8. The van der Waals surface area contributed by atoms with Gasteiger partial charge in [0.25, 0.3) is 0 Å². The van der Waals surface area contributed by atoms with Gasteiger partial charge in [-0.25, -0.2) is 12.8 Å². The lowest BCUT2D eigenvalue weighted by atomic mass is 10.1. The Balaban J connectivity index is 1.65. The second kappa shape index (κ2) is 10.8. The van der Waals surface area contributed by atoms with Crippen molar-refractivity contribution in [1.29, 1.82) is 0 Å². The molecule has 1 aliphatic heterocycles. The van der Waals surface area contributed by atoms with Crippen LogP contribution in [0.2, 0.25) is 0 Å². The molecule has 1 fully saturated rings. The van der Waals surface area contributed by atoms with E-state index in [9.17, 15) is 22.7 Å². The van der Waals surface area contributed by atoms with Crippen molar-refractivity contribution in [3.63, 3.8) is 0 Å². The number of esters is 1. The molecule has 1 N–H and O–H groups in total. The van der Waals surface area contributed by atoms with Crippen LogP contribution in [-0.2, 0) is 26.0 Å². The van der Waals surface area contributed by atoms with Gasteiger partial charge < -0.3 is 14.6 Å². The van der Waals surface area contributed by atoms with Crippen LogP contribution in [0.1, 0.15) is 39.4 Å². The number of aliphatic hydroxyl groups excluding tert-OH is 1. The smallest absolute Gasteiger partial charge is 0.312 e. The molecule has 2 heterocycles.